The van der Waals surface area contributed by atoms with E-state index in [0.717, 1.165) is 12.8 Å². The van der Waals surface area contributed by atoms with Crippen LogP contribution in [0.15, 0.2) is 24.3 Å². The summed E-state index contributed by atoms with van der Waals surface area (Å²) in [6.45, 7) is 7.45. The van der Waals surface area contributed by atoms with Gasteiger partial charge in [-0.1, -0.05) is 38.2 Å². The van der Waals surface area contributed by atoms with Crippen molar-refractivity contribution in [3.8, 4) is 0 Å². The van der Waals surface area contributed by atoms with Crippen LogP contribution in [0.3, 0.4) is 0 Å². The van der Waals surface area contributed by atoms with E-state index >= 15 is 0 Å². The van der Waals surface area contributed by atoms with Gasteiger partial charge in [0.1, 0.15) is 5.78 Å². The fourth-order valence-electron chi connectivity index (χ4n) is 2.87. The smallest absolute Gasteiger partial charge is 0.136 e. The third-order valence-corrected chi connectivity index (χ3v) is 4.04. The molecule has 0 saturated carbocycles. The van der Waals surface area contributed by atoms with Gasteiger partial charge in [-0.05, 0) is 26.7 Å². The Labute approximate surface area is 98.1 Å². The lowest BCUT2D eigenvalue weighted by atomic mass is 9.61. The van der Waals surface area contributed by atoms with Gasteiger partial charge in [0.05, 0.1) is 5.60 Å². The number of ketones is 1. The highest BCUT2D eigenvalue weighted by molar-refractivity contribution is 5.83. The van der Waals surface area contributed by atoms with Crippen LogP contribution >= 0.6 is 0 Å². The maximum absolute atomic E-state index is 11.9. The maximum Gasteiger partial charge on any atom is 0.136 e. The molecule has 0 fully saturated rings. The van der Waals surface area contributed by atoms with Crippen molar-refractivity contribution in [2.45, 2.75) is 46.1 Å². The Balaban J connectivity index is 3.18. The van der Waals surface area contributed by atoms with Crippen LogP contribution < -0.4 is 0 Å². The molecular formula is C14H22O2. The van der Waals surface area contributed by atoms with Gasteiger partial charge in [-0.25, -0.2) is 0 Å². The first-order chi connectivity index (χ1) is 7.40. The number of carbonyl (C=O) groups excluding carboxylic acids is 1. The van der Waals surface area contributed by atoms with Crippen molar-refractivity contribution < 1.29 is 9.90 Å². The van der Waals surface area contributed by atoms with E-state index in [1.807, 2.05) is 32.1 Å². The second-order valence-electron chi connectivity index (χ2n) is 4.87. The summed E-state index contributed by atoms with van der Waals surface area (Å²) in [7, 11) is 0. The van der Waals surface area contributed by atoms with Gasteiger partial charge in [0.2, 0.25) is 0 Å². The molecule has 0 amide bonds. The molecule has 1 N–H and O–H groups in total. The fourth-order valence-corrected chi connectivity index (χ4v) is 2.87. The van der Waals surface area contributed by atoms with Gasteiger partial charge < -0.3 is 5.11 Å². The molecule has 0 spiro atoms. The minimum absolute atomic E-state index is 0.127. The summed E-state index contributed by atoms with van der Waals surface area (Å²) in [6, 6.07) is 0. The average molecular weight is 222 g/mol. The largest absolute Gasteiger partial charge is 0.385 e. The van der Waals surface area contributed by atoms with E-state index in [0.29, 0.717) is 0 Å². The Morgan fingerprint density at radius 2 is 1.94 bits per heavy atom. The Morgan fingerprint density at radius 3 is 2.31 bits per heavy atom. The summed E-state index contributed by atoms with van der Waals surface area (Å²) >= 11 is 0. The highest BCUT2D eigenvalue weighted by Crippen LogP contribution is 2.44. The summed E-state index contributed by atoms with van der Waals surface area (Å²) in [5.41, 5.74) is -1.36. The van der Waals surface area contributed by atoms with Crippen LogP contribution in [0.1, 0.15) is 40.5 Å². The molecule has 1 aliphatic rings. The zero-order valence-corrected chi connectivity index (χ0v) is 10.7. The zero-order chi connectivity index (χ0) is 12.4. The number of allylic oxidation sites excluding steroid dienone is 2. The van der Waals surface area contributed by atoms with E-state index in [1.54, 1.807) is 19.9 Å². The van der Waals surface area contributed by atoms with Crippen LogP contribution in [0.5, 0.6) is 0 Å². The van der Waals surface area contributed by atoms with Gasteiger partial charge in [-0.15, -0.1) is 0 Å². The summed E-state index contributed by atoms with van der Waals surface area (Å²) < 4.78 is 0. The summed E-state index contributed by atoms with van der Waals surface area (Å²) in [5, 5.41) is 10.4. The standard InChI is InChI=1S/C14H22O2/c1-5-14(6-2,11(3)15)12-9-7-8-10-13(12,4)16/h7-10,12,16H,5-6H2,1-4H3. The van der Waals surface area contributed by atoms with E-state index in [9.17, 15) is 9.90 Å². The van der Waals surface area contributed by atoms with Crippen molar-refractivity contribution in [2.24, 2.45) is 11.3 Å². The molecule has 0 aromatic heterocycles. The normalized spacial score (nSPS) is 29.4. The third kappa shape index (κ3) is 1.99. The number of hydrogen-bond acceptors (Lipinski definition) is 2. The number of rotatable bonds is 4. The van der Waals surface area contributed by atoms with Crippen LogP contribution in [0.4, 0.5) is 0 Å². The second kappa shape index (κ2) is 4.54. The molecular weight excluding hydrogens is 200 g/mol. The van der Waals surface area contributed by atoms with E-state index in [2.05, 4.69) is 0 Å². The molecule has 0 aromatic rings. The SMILES string of the molecule is CCC(CC)(C(C)=O)C1C=CC=CC1(C)O. The van der Waals surface area contributed by atoms with E-state index in [4.69, 9.17) is 0 Å². The van der Waals surface area contributed by atoms with Gasteiger partial charge >= 0.3 is 0 Å². The van der Waals surface area contributed by atoms with Gasteiger partial charge in [0.25, 0.3) is 0 Å². The molecule has 0 bridgehead atoms. The Kier molecular flexibility index (Phi) is 3.74. The molecule has 0 aliphatic heterocycles. The van der Waals surface area contributed by atoms with E-state index in [-0.39, 0.29) is 11.7 Å². The van der Waals surface area contributed by atoms with Crippen molar-refractivity contribution in [1.82, 2.24) is 0 Å². The molecule has 0 radical (unpaired) electrons. The molecule has 1 rings (SSSR count). The molecule has 2 heteroatoms. The monoisotopic (exact) mass is 222 g/mol. The van der Waals surface area contributed by atoms with Gasteiger partial charge in [0.15, 0.2) is 0 Å². The molecule has 2 unspecified atom stereocenters. The van der Waals surface area contributed by atoms with Crippen molar-refractivity contribution in [1.29, 1.82) is 0 Å². The molecule has 2 nitrogen and oxygen atoms in total. The Morgan fingerprint density at radius 1 is 1.38 bits per heavy atom. The first kappa shape index (κ1) is 13.2. The Hall–Kier alpha value is -0.890. The van der Waals surface area contributed by atoms with Crippen LogP contribution in [-0.2, 0) is 4.79 Å². The first-order valence-electron chi connectivity index (χ1n) is 6.00. The summed E-state index contributed by atoms with van der Waals surface area (Å²) in [4.78, 5) is 11.9. The lowest BCUT2D eigenvalue weighted by Gasteiger charge is -2.43. The number of carbonyl (C=O) groups is 1. The number of Topliss-reactive ketones (excluding diaryl/α,β-unsaturated/α-hetero) is 1. The Bertz CT molecular complexity index is 320. The third-order valence-electron chi connectivity index (χ3n) is 4.04. The van der Waals surface area contributed by atoms with E-state index < -0.39 is 11.0 Å². The minimum Gasteiger partial charge on any atom is -0.385 e. The topological polar surface area (TPSA) is 37.3 Å². The van der Waals surface area contributed by atoms with Gasteiger partial charge in [-0.2, -0.15) is 0 Å². The quantitative estimate of drug-likeness (QED) is 0.794. The molecule has 1 aliphatic carbocycles. The van der Waals surface area contributed by atoms with Gasteiger partial charge in [-0.3, -0.25) is 4.79 Å². The van der Waals surface area contributed by atoms with Crippen molar-refractivity contribution in [3.63, 3.8) is 0 Å². The lowest BCUT2D eigenvalue weighted by Crippen LogP contribution is -2.47. The molecule has 2 atom stereocenters. The van der Waals surface area contributed by atoms with Crippen molar-refractivity contribution in [2.75, 3.05) is 0 Å². The second-order valence-corrected chi connectivity index (χ2v) is 4.87. The molecule has 90 valence electrons. The molecule has 0 saturated heterocycles. The van der Waals surface area contributed by atoms with Gasteiger partial charge in [0, 0.05) is 11.3 Å². The molecule has 0 aromatic carbocycles. The number of hydrogen-bond donors (Lipinski definition) is 1. The van der Waals surface area contributed by atoms with E-state index in [1.165, 1.54) is 0 Å². The number of aliphatic hydroxyl groups is 1. The predicted molar refractivity (Wildman–Crippen MR) is 66.1 cm³/mol. The van der Waals surface area contributed by atoms with Crippen molar-refractivity contribution in [3.05, 3.63) is 24.3 Å². The lowest BCUT2D eigenvalue weighted by molar-refractivity contribution is -0.134. The summed E-state index contributed by atoms with van der Waals surface area (Å²) in [6.07, 6.45) is 9.03. The van der Waals surface area contributed by atoms with Crippen LogP contribution in [0.25, 0.3) is 0 Å². The fraction of sp³-hybridized carbons (Fsp3) is 0.643. The summed E-state index contributed by atoms with van der Waals surface area (Å²) in [5.74, 6) is 0.0419. The highest BCUT2D eigenvalue weighted by Gasteiger charge is 2.47. The zero-order valence-electron chi connectivity index (χ0n) is 10.7. The molecule has 0 heterocycles. The maximum atomic E-state index is 11.9. The van der Waals surface area contributed by atoms with Crippen LogP contribution in [0, 0.1) is 11.3 Å². The van der Waals surface area contributed by atoms with Crippen LogP contribution in [-0.4, -0.2) is 16.5 Å². The van der Waals surface area contributed by atoms with Crippen LogP contribution in [0.2, 0.25) is 0 Å². The highest BCUT2D eigenvalue weighted by atomic mass is 16.3. The molecule has 16 heavy (non-hydrogen) atoms. The van der Waals surface area contributed by atoms with Crippen molar-refractivity contribution >= 4 is 5.78 Å². The first-order valence-corrected chi connectivity index (χ1v) is 6.00. The predicted octanol–water partition coefficient (Wildman–Crippen LogP) is 2.88. The minimum atomic E-state index is -0.924. The average Bonchev–Trinajstić information content (AvgIpc) is 2.22.